The molecule has 0 aliphatic carbocycles. The molecule has 2 aliphatic rings. The van der Waals surface area contributed by atoms with Crippen molar-refractivity contribution in [1.82, 2.24) is 0 Å². The second-order valence-corrected chi connectivity index (χ2v) is 5.62. The van der Waals surface area contributed by atoms with Crippen molar-refractivity contribution in [3.8, 4) is 0 Å². The van der Waals surface area contributed by atoms with Crippen LogP contribution in [0.1, 0.15) is 32.3 Å². The Labute approximate surface area is 108 Å². The van der Waals surface area contributed by atoms with Gasteiger partial charge in [0.15, 0.2) is 0 Å². The van der Waals surface area contributed by atoms with Crippen molar-refractivity contribution in [2.45, 2.75) is 50.8 Å². The lowest BCUT2D eigenvalue weighted by Crippen LogP contribution is -2.39. The lowest BCUT2D eigenvalue weighted by Gasteiger charge is -2.31. The van der Waals surface area contributed by atoms with Crippen LogP contribution < -0.4 is 0 Å². The van der Waals surface area contributed by atoms with Crippen LogP contribution in [0.25, 0.3) is 0 Å². The molecule has 3 nitrogen and oxygen atoms in total. The van der Waals surface area contributed by atoms with E-state index < -0.39 is 5.97 Å². The number of rotatable bonds is 3. The highest BCUT2D eigenvalue weighted by Gasteiger charge is 2.55. The summed E-state index contributed by atoms with van der Waals surface area (Å²) >= 11 is 0. The van der Waals surface area contributed by atoms with Gasteiger partial charge in [-0.05, 0) is 25.8 Å². The topological polar surface area (TPSA) is 27.7 Å². The van der Waals surface area contributed by atoms with Gasteiger partial charge in [0.25, 0.3) is 5.97 Å². The molecule has 3 heteroatoms. The molecule has 2 fully saturated rings. The number of benzene rings is 1. The highest BCUT2D eigenvalue weighted by molar-refractivity contribution is 5.15. The molecule has 0 saturated carbocycles. The first-order valence-corrected chi connectivity index (χ1v) is 6.66. The Morgan fingerprint density at radius 3 is 2.83 bits per heavy atom. The molecule has 0 radical (unpaired) electrons. The van der Waals surface area contributed by atoms with Crippen LogP contribution in [-0.4, -0.2) is 24.3 Å². The molecule has 2 heterocycles. The van der Waals surface area contributed by atoms with E-state index in [0.29, 0.717) is 0 Å². The zero-order chi connectivity index (χ0) is 12.6. The maximum absolute atomic E-state index is 6.04. The Morgan fingerprint density at radius 2 is 2.06 bits per heavy atom. The molecule has 2 atom stereocenters. The summed E-state index contributed by atoms with van der Waals surface area (Å²) in [5.41, 5.74) is 1.04. The minimum Gasteiger partial charge on any atom is -0.327 e. The van der Waals surface area contributed by atoms with Crippen LogP contribution in [0.3, 0.4) is 0 Å². The normalized spacial score (nSPS) is 33.6. The Kier molecular flexibility index (Phi) is 2.93. The highest BCUT2D eigenvalue weighted by atomic mass is 18.4. The van der Waals surface area contributed by atoms with E-state index in [9.17, 15) is 0 Å². The van der Waals surface area contributed by atoms with Crippen LogP contribution in [0, 0.1) is 0 Å². The third-order valence-electron chi connectivity index (χ3n) is 3.78. The van der Waals surface area contributed by atoms with Gasteiger partial charge in [0, 0.05) is 12.8 Å². The van der Waals surface area contributed by atoms with Gasteiger partial charge in [-0.15, -0.1) is 0 Å². The van der Waals surface area contributed by atoms with Crippen molar-refractivity contribution in [3.05, 3.63) is 35.9 Å². The van der Waals surface area contributed by atoms with Crippen LogP contribution in [-0.2, 0) is 20.6 Å². The average molecular weight is 250 g/mol. The minimum absolute atomic E-state index is 0.155. The number of fused-ring (bicyclic) bond motifs is 2. The lowest BCUT2D eigenvalue weighted by atomic mass is 10.0. The smallest absolute Gasteiger partial charge is 0.284 e. The molecule has 0 amide bonds. The maximum Gasteiger partial charge on any atom is 0.284 e. The van der Waals surface area contributed by atoms with E-state index in [4.69, 9.17) is 14.2 Å². The lowest BCUT2D eigenvalue weighted by molar-refractivity contribution is -0.363. The third kappa shape index (κ3) is 2.18. The Bertz CT molecular complexity index is 415. The van der Waals surface area contributed by atoms with Gasteiger partial charge in [0.1, 0.15) is 0 Å². The molecule has 1 aromatic rings. The van der Waals surface area contributed by atoms with E-state index in [2.05, 4.69) is 38.1 Å². The van der Waals surface area contributed by atoms with E-state index >= 15 is 0 Å². The van der Waals surface area contributed by atoms with Gasteiger partial charge in [0.2, 0.25) is 0 Å². The standard InChI is InChI=1S/C15H20O3/c1-14(2)13-9-11-16-15(17-13,18-14)10-8-12-6-4-3-5-7-12/h3-7,13H,8-11H2,1-2H3/t13-,15-/m0/s1/i17+2. The second-order valence-electron chi connectivity index (χ2n) is 5.62. The van der Waals surface area contributed by atoms with Crippen LogP contribution in [0.2, 0.25) is 0 Å². The van der Waals surface area contributed by atoms with Crippen LogP contribution >= 0.6 is 0 Å². The van der Waals surface area contributed by atoms with Gasteiger partial charge in [0.05, 0.1) is 18.3 Å². The van der Waals surface area contributed by atoms with E-state index in [0.717, 1.165) is 25.9 Å². The molecule has 0 aromatic heterocycles. The molecule has 1 aromatic carbocycles. The van der Waals surface area contributed by atoms with Gasteiger partial charge >= 0.3 is 0 Å². The van der Waals surface area contributed by atoms with E-state index in [-0.39, 0.29) is 11.7 Å². The maximum atomic E-state index is 6.04. The predicted molar refractivity (Wildman–Crippen MR) is 68.1 cm³/mol. The van der Waals surface area contributed by atoms with Crippen LogP contribution in [0.5, 0.6) is 0 Å². The first kappa shape index (κ1) is 12.2. The van der Waals surface area contributed by atoms with E-state index in [1.165, 1.54) is 5.56 Å². The molecular weight excluding hydrogens is 230 g/mol. The number of hydrogen-bond donors (Lipinski definition) is 0. The Morgan fingerprint density at radius 1 is 1.28 bits per heavy atom. The Balaban J connectivity index is 1.69. The number of aryl methyl sites for hydroxylation is 1. The van der Waals surface area contributed by atoms with Crippen molar-refractivity contribution < 1.29 is 14.2 Å². The summed E-state index contributed by atoms with van der Waals surface area (Å²) in [5, 5.41) is 0. The number of hydrogen-bond acceptors (Lipinski definition) is 3. The van der Waals surface area contributed by atoms with Gasteiger partial charge in [-0.2, -0.15) is 0 Å². The SMILES string of the molecule is CC1(C)O[C@@]2(CCc3ccccc3)OCC[C@@H]1[18O]2. The molecular formula is C15H20O3. The van der Waals surface area contributed by atoms with E-state index in [1.54, 1.807) is 0 Å². The first-order chi connectivity index (χ1) is 8.60. The molecule has 2 bridgehead atoms. The van der Waals surface area contributed by atoms with Crippen molar-refractivity contribution in [1.29, 1.82) is 0 Å². The molecule has 3 rings (SSSR count). The fraction of sp³-hybridized carbons (Fsp3) is 0.600. The van der Waals surface area contributed by atoms with Crippen LogP contribution in [0.15, 0.2) is 30.3 Å². The molecule has 0 spiro atoms. The minimum atomic E-state index is -0.817. The molecule has 2 saturated heterocycles. The third-order valence-corrected chi connectivity index (χ3v) is 3.78. The van der Waals surface area contributed by atoms with Crippen LogP contribution in [0.4, 0.5) is 0 Å². The first-order valence-electron chi connectivity index (χ1n) is 6.66. The van der Waals surface area contributed by atoms with Gasteiger partial charge in [-0.3, -0.25) is 0 Å². The summed E-state index contributed by atoms with van der Waals surface area (Å²) in [6.07, 6.45) is 2.72. The summed E-state index contributed by atoms with van der Waals surface area (Å²) in [6.45, 7) is 4.89. The number of ether oxygens (including phenoxy) is 3. The molecule has 2 aliphatic heterocycles. The van der Waals surface area contributed by atoms with Gasteiger partial charge in [-0.1, -0.05) is 30.3 Å². The fourth-order valence-electron chi connectivity index (χ4n) is 2.76. The fourth-order valence-corrected chi connectivity index (χ4v) is 2.76. The zero-order valence-corrected chi connectivity index (χ0v) is 11.0. The highest BCUT2D eigenvalue weighted by Crippen LogP contribution is 2.44. The molecule has 0 N–H and O–H groups in total. The summed E-state index contributed by atoms with van der Waals surface area (Å²) in [6, 6.07) is 10.4. The monoisotopic (exact) mass is 250 g/mol. The molecule has 18 heavy (non-hydrogen) atoms. The van der Waals surface area contributed by atoms with Crippen molar-refractivity contribution >= 4 is 0 Å². The second kappa shape index (κ2) is 4.34. The van der Waals surface area contributed by atoms with Crippen molar-refractivity contribution in [3.63, 3.8) is 0 Å². The summed E-state index contributed by atoms with van der Waals surface area (Å²) < 4.78 is 17.8. The van der Waals surface area contributed by atoms with Gasteiger partial charge in [-0.25, -0.2) is 0 Å². The van der Waals surface area contributed by atoms with Crippen molar-refractivity contribution in [2.24, 2.45) is 0 Å². The Hall–Kier alpha value is -0.900. The van der Waals surface area contributed by atoms with E-state index in [1.807, 2.05) is 6.07 Å². The summed E-state index contributed by atoms with van der Waals surface area (Å²) in [7, 11) is 0. The average Bonchev–Trinajstić information content (AvgIpc) is 2.55. The zero-order valence-electron chi connectivity index (χ0n) is 11.0. The quantitative estimate of drug-likeness (QED) is 0.772. The summed E-state index contributed by atoms with van der Waals surface area (Å²) in [5.74, 6) is -0.817. The predicted octanol–water partition coefficient (Wildman–Crippen LogP) is 2.89. The summed E-state index contributed by atoms with van der Waals surface area (Å²) in [4.78, 5) is 0. The molecule has 0 unspecified atom stereocenters. The van der Waals surface area contributed by atoms with Crippen molar-refractivity contribution in [2.75, 3.05) is 6.61 Å². The largest absolute Gasteiger partial charge is 0.327 e. The molecule has 98 valence electrons. The van der Waals surface area contributed by atoms with Gasteiger partial charge < -0.3 is 14.2 Å².